The minimum atomic E-state index is -0.0987. The monoisotopic (exact) mass is 283 g/mol. The van der Waals surface area contributed by atoms with Gasteiger partial charge in [0.05, 0.1) is 0 Å². The van der Waals surface area contributed by atoms with Gasteiger partial charge in [-0.05, 0) is 48.6 Å². The van der Waals surface area contributed by atoms with E-state index in [1.54, 1.807) is 25.1 Å². The van der Waals surface area contributed by atoms with Crippen LogP contribution in [-0.4, -0.2) is 17.6 Å². The van der Waals surface area contributed by atoms with Gasteiger partial charge >= 0.3 is 0 Å². The zero-order valence-electron chi connectivity index (χ0n) is 12.5. The number of carbonyl (C=O) groups is 1. The number of aromatic hydroxyl groups is 1. The molecule has 0 spiro atoms. The highest BCUT2D eigenvalue weighted by atomic mass is 16.3. The van der Waals surface area contributed by atoms with Gasteiger partial charge in [-0.1, -0.05) is 37.3 Å². The maximum absolute atomic E-state index is 12.0. The third-order valence-electron chi connectivity index (χ3n) is 3.69. The maximum Gasteiger partial charge on any atom is 0.251 e. The van der Waals surface area contributed by atoms with Crippen molar-refractivity contribution in [2.45, 2.75) is 26.2 Å². The molecule has 0 saturated heterocycles. The maximum atomic E-state index is 12.0. The number of phenols is 1. The summed E-state index contributed by atoms with van der Waals surface area (Å²) in [5, 5.41) is 12.4. The van der Waals surface area contributed by atoms with Crippen LogP contribution in [0.1, 0.15) is 40.7 Å². The zero-order chi connectivity index (χ0) is 15.2. The fraction of sp³-hybridized carbons (Fsp3) is 0.278. The molecule has 0 radical (unpaired) electrons. The van der Waals surface area contributed by atoms with Crippen LogP contribution in [0.25, 0.3) is 0 Å². The van der Waals surface area contributed by atoms with E-state index in [9.17, 15) is 9.90 Å². The molecule has 1 atom stereocenters. The van der Waals surface area contributed by atoms with Gasteiger partial charge in [0.2, 0.25) is 0 Å². The Balaban J connectivity index is 1.85. The van der Waals surface area contributed by atoms with Crippen molar-refractivity contribution < 1.29 is 9.90 Å². The molecule has 2 N–H and O–H groups in total. The van der Waals surface area contributed by atoms with Crippen molar-refractivity contribution in [3.8, 4) is 5.75 Å². The molecular weight excluding hydrogens is 262 g/mol. The molecule has 1 amide bonds. The number of benzene rings is 2. The third-order valence-corrected chi connectivity index (χ3v) is 3.69. The van der Waals surface area contributed by atoms with Crippen LogP contribution in [0.2, 0.25) is 0 Å². The van der Waals surface area contributed by atoms with Crippen LogP contribution in [0.3, 0.4) is 0 Å². The van der Waals surface area contributed by atoms with Crippen LogP contribution in [0.4, 0.5) is 0 Å². The fourth-order valence-corrected chi connectivity index (χ4v) is 2.25. The van der Waals surface area contributed by atoms with Crippen LogP contribution in [0, 0.1) is 6.92 Å². The third kappa shape index (κ3) is 4.09. The van der Waals surface area contributed by atoms with Crippen molar-refractivity contribution >= 4 is 5.91 Å². The van der Waals surface area contributed by atoms with Gasteiger partial charge in [-0.15, -0.1) is 0 Å². The first-order chi connectivity index (χ1) is 10.1. The van der Waals surface area contributed by atoms with Crippen LogP contribution < -0.4 is 5.32 Å². The molecule has 2 aromatic rings. The van der Waals surface area contributed by atoms with Gasteiger partial charge in [-0.3, -0.25) is 4.79 Å². The summed E-state index contributed by atoms with van der Waals surface area (Å²) in [6.07, 6.45) is 0.896. The van der Waals surface area contributed by atoms with E-state index in [2.05, 4.69) is 24.4 Å². The Morgan fingerprint density at radius 2 is 1.90 bits per heavy atom. The second-order valence-electron chi connectivity index (χ2n) is 5.36. The minimum absolute atomic E-state index is 0.0987. The van der Waals surface area contributed by atoms with Crippen molar-refractivity contribution in [3.63, 3.8) is 0 Å². The van der Waals surface area contributed by atoms with E-state index < -0.39 is 0 Å². The van der Waals surface area contributed by atoms with Crippen LogP contribution >= 0.6 is 0 Å². The lowest BCUT2D eigenvalue weighted by molar-refractivity contribution is 0.0952. The molecule has 2 rings (SSSR count). The lowest BCUT2D eigenvalue weighted by atomic mass is 9.98. The van der Waals surface area contributed by atoms with Gasteiger partial charge in [0, 0.05) is 12.1 Å². The summed E-state index contributed by atoms with van der Waals surface area (Å²) in [5.74, 6) is 0.524. The molecule has 3 nitrogen and oxygen atoms in total. The second kappa shape index (κ2) is 6.93. The van der Waals surface area contributed by atoms with Crippen molar-refractivity contribution in [1.29, 1.82) is 0 Å². The number of hydrogen-bond donors (Lipinski definition) is 2. The van der Waals surface area contributed by atoms with Gasteiger partial charge in [0.1, 0.15) is 5.75 Å². The van der Waals surface area contributed by atoms with Crippen LogP contribution in [-0.2, 0) is 0 Å². The van der Waals surface area contributed by atoms with E-state index in [1.165, 1.54) is 5.56 Å². The van der Waals surface area contributed by atoms with Crippen LogP contribution in [0.15, 0.2) is 48.5 Å². The Labute approximate surface area is 125 Å². The number of carbonyl (C=O) groups excluding carboxylic acids is 1. The van der Waals surface area contributed by atoms with E-state index >= 15 is 0 Å². The molecule has 3 heteroatoms. The molecular formula is C18H21NO2. The Morgan fingerprint density at radius 1 is 1.19 bits per heavy atom. The average molecular weight is 283 g/mol. The average Bonchev–Trinajstić information content (AvgIpc) is 2.50. The van der Waals surface area contributed by atoms with E-state index in [1.807, 2.05) is 18.2 Å². The van der Waals surface area contributed by atoms with Gasteiger partial charge in [-0.25, -0.2) is 0 Å². The summed E-state index contributed by atoms with van der Waals surface area (Å²) in [4.78, 5) is 12.0. The molecule has 0 aliphatic rings. The number of rotatable bonds is 5. The number of phenolic OH excluding ortho intramolecular Hbond substituents is 1. The predicted octanol–water partition coefficient (Wildman–Crippen LogP) is 3.62. The Hall–Kier alpha value is -2.29. The molecule has 0 bridgehead atoms. The first-order valence-corrected chi connectivity index (χ1v) is 7.20. The summed E-state index contributed by atoms with van der Waals surface area (Å²) in [6, 6.07) is 15.2. The van der Waals surface area contributed by atoms with Crippen molar-refractivity contribution in [3.05, 3.63) is 65.2 Å². The standard InChI is InChI=1S/C18H21NO2/c1-13(15-6-4-3-5-7-15)10-11-19-18(21)16-8-9-17(20)14(2)12-16/h3-9,12-13,20H,10-11H2,1-2H3,(H,19,21). The van der Waals surface area contributed by atoms with Gasteiger partial charge < -0.3 is 10.4 Å². The van der Waals surface area contributed by atoms with E-state index in [4.69, 9.17) is 0 Å². The molecule has 0 saturated carbocycles. The molecule has 1 unspecified atom stereocenters. The SMILES string of the molecule is Cc1cc(C(=O)NCCC(C)c2ccccc2)ccc1O. The number of hydrogen-bond acceptors (Lipinski definition) is 2. The van der Waals surface area contributed by atoms with E-state index in [0.717, 1.165) is 6.42 Å². The predicted molar refractivity (Wildman–Crippen MR) is 84.7 cm³/mol. The highest BCUT2D eigenvalue weighted by Crippen LogP contribution is 2.18. The molecule has 0 aliphatic heterocycles. The first-order valence-electron chi connectivity index (χ1n) is 7.20. The summed E-state index contributed by atoms with van der Waals surface area (Å²) >= 11 is 0. The quantitative estimate of drug-likeness (QED) is 0.880. The highest BCUT2D eigenvalue weighted by molar-refractivity contribution is 5.94. The van der Waals surface area contributed by atoms with Crippen LogP contribution in [0.5, 0.6) is 5.75 Å². The Morgan fingerprint density at radius 3 is 2.57 bits per heavy atom. The normalized spacial score (nSPS) is 11.9. The van der Waals surface area contributed by atoms with Crippen molar-refractivity contribution in [2.24, 2.45) is 0 Å². The molecule has 110 valence electrons. The van der Waals surface area contributed by atoms with Crippen molar-refractivity contribution in [1.82, 2.24) is 5.32 Å². The van der Waals surface area contributed by atoms with Crippen molar-refractivity contribution in [2.75, 3.05) is 6.54 Å². The molecule has 0 aromatic heterocycles. The number of aryl methyl sites for hydroxylation is 1. The summed E-state index contributed by atoms with van der Waals surface area (Å²) in [7, 11) is 0. The fourth-order valence-electron chi connectivity index (χ4n) is 2.25. The van der Waals surface area contributed by atoms with Gasteiger partial charge in [-0.2, -0.15) is 0 Å². The Kier molecular flexibility index (Phi) is 4.99. The Bertz CT molecular complexity index is 608. The molecule has 2 aromatic carbocycles. The van der Waals surface area contributed by atoms with Gasteiger partial charge in [0.25, 0.3) is 5.91 Å². The molecule has 0 aliphatic carbocycles. The lowest BCUT2D eigenvalue weighted by Gasteiger charge is -2.12. The highest BCUT2D eigenvalue weighted by Gasteiger charge is 2.09. The first kappa shape index (κ1) is 15.1. The summed E-state index contributed by atoms with van der Waals surface area (Å²) in [6.45, 7) is 4.57. The topological polar surface area (TPSA) is 49.3 Å². The largest absolute Gasteiger partial charge is 0.508 e. The molecule has 0 heterocycles. The van der Waals surface area contributed by atoms with E-state index in [-0.39, 0.29) is 11.7 Å². The summed E-state index contributed by atoms with van der Waals surface area (Å²) in [5.41, 5.74) is 2.57. The molecule has 21 heavy (non-hydrogen) atoms. The second-order valence-corrected chi connectivity index (χ2v) is 5.36. The summed E-state index contributed by atoms with van der Waals surface area (Å²) < 4.78 is 0. The van der Waals surface area contributed by atoms with E-state index in [0.29, 0.717) is 23.6 Å². The zero-order valence-corrected chi connectivity index (χ0v) is 12.5. The molecule has 0 fully saturated rings. The minimum Gasteiger partial charge on any atom is -0.508 e. The number of amides is 1. The smallest absolute Gasteiger partial charge is 0.251 e. The van der Waals surface area contributed by atoms with Gasteiger partial charge in [0.15, 0.2) is 0 Å². The number of nitrogens with one attached hydrogen (secondary N) is 1. The lowest BCUT2D eigenvalue weighted by Crippen LogP contribution is -2.25.